The van der Waals surface area contributed by atoms with Gasteiger partial charge in [-0.05, 0) is 43.5 Å². The number of hydrogen-bond acceptors (Lipinski definition) is 3. The van der Waals surface area contributed by atoms with Crippen LogP contribution in [0.1, 0.15) is 38.7 Å². The number of rotatable bonds is 11. The van der Waals surface area contributed by atoms with Crippen molar-refractivity contribution in [3.05, 3.63) is 29.8 Å². The topological polar surface area (TPSA) is 49.8 Å². The van der Waals surface area contributed by atoms with Crippen molar-refractivity contribution in [2.24, 2.45) is 0 Å². The summed E-state index contributed by atoms with van der Waals surface area (Å²) in [4.78, 5) is 12.8. The standard InChI is InChI=1S/C17H27NO3/c1-3-11-18(13-10-17(19)20)12-5-14-21-16-8-6-15(4-2)7-9-16/h6-9H,3-5,10-14H2,1-2H3,(H,19,20). The second-order valence-electron chi connectivity index (χ2n) is 5.18. The van der Waals surface area contributed by atoms with Crippen LogP contribution in [0.2, 0.25) is 0 Å². The lowest BCUT2D eigenvalue weighted by Gasteiger charge is -2.20. The summed E-state index contributed by atoms with van der Waals surface area (Å²) >= 11 is 0. The second kappa shape index (κ2) is 10.2. The minimum atomic E-state index is -0.733. The van der Waals surface area contributed by atoms with E-state index in [0.717, 1.165) is 38.1 Å². The fourth-order valence-corrected chi connectivity index (χ4v) is 2.20. The molecule has 1 aromatic carbocycles. The van der Waals surface area contributed by atoms with Crippen molar-refractivity contribution < 1.29 is 14.6 Å². The molecule has 1 rings (SSSR count). The van der Waals surface area contributed by atoms with Gasteiger partial charge in [-0.25, -0.2) is 0 Å². The Morgan fingerprint density at radius 3 is 2.43 bits per heavy atom. The van der Waals surface area contributed by atoms with Gasteiger partial charge in [-0.3, -0.25) is 4.79 Å². The fourth-order valence-electron chi connectivity index (χ4n) is 2.20. The van der Waals surface area contributed by atoms with Gasteiger partial charge in [-0.15, -0.1) is 0 Å². The van der Waals surface area contributed by atoms with Crippen LogP contribution in [0.3, 0.4) is 0 Å². The van der Waals surface area contributed by atoms with Gasteiger partial charge in [0.25, 0.3) is 0 Å². The van der Waals surface area contributed by atoms with E-state index in [1.54, 1.807) is 0 Å². The van der Waals surface area contributed by atoms with Crippen LogP contribution in [0, 0.1) is 0 Å². The van der Waals surface area contributed by atoms with Crippen LogP contribution in [0.5, 0.6) is 5.75 Å². The van der Waals surface area contributed by atoms with E-state index in [4.69, 9.17) is 9.84 Å². The summed E-state index contributed by atoms with van der Waals surface area (Å²) in [7, 11) is 0. The first-order valence-corrected chi connectivity index (χ1v) is 7.81. The zero-order valence-corrected chi connectivity index (χ0v) is 13.2. The summed E-state index contributed by atoms with van der Waals surface area (Å²) < 4.78 is 5.72. The quantitative estimate of drug-likeness (QED) is 0.637. The third-order valence-electron chi connectivity index (χ3n) is 3.40. The highest BCUT2D eigenvalue weighted by Gasteiger charge is 2.06. The molecule has 0 fully saturated rings. The lowest BCUT2D eigenvalue weighted by molar-refractivity contribution is -0.137. The molecule has 0 atom stereocenters. The van der Waals surface area contributed by atoms with E-state index in [0.29, 0.717) is 13.2 Å². The molecule has 0 radical (unpaired) electrons. The molecule has 0 unspecified atom stereocenters. The van der Waals surface area contributed by atoms with Gasteiger partial charge in [0.1, 0.15) is 5.75 Å². The third-order valence-corrected chi connectivity index (χ3v) is 3.40. The van der Waals surface area contributed by atoms with Gasteiger partial charge in [0.05, 0.1) is 13.0 Å². The van der Waals surface area contributed by atoms with Gasteiger partial charge < -0.3 is 14.7 Å². The number of aliphatic carboxylic acids is 1. The Bertz CT molecular complexity index is 403. The predicted molar refractivity (Wildman–Crippen MR) is 84.9 cm³/mol. The Morgan fingerprint density at radius 1 is 1.14 bits per heavy atom. The largest absolute Gasteiger partial charge is 0.494 e. The molecule has 0 aliphatic carbocycles. The van der Waals surface area contributed by atoms with Gasteiger partial charge in [0.2, 0.25) is 0 Å². The van der Waals surface area contributed by atoms with Crippen LogP contribution in [0.15, 0.2) is 24.3 Å². The number of ether oxygens (including phenoxy) is 1. The van der Waals surface area contributed by atoms with Crippen LogP contribution in [0.25, 0.3) is 0 Å². The maximum Gasteiger partial charge on any atom is 0.304 e. The van der Waals surface area contributed by atoms with Crippen LogP contribution in [-0.2, 0) is 11.2 Å². The van der Waals surface area contributed by atoms with Crippen molar-refractivity contribution in [1.29, 1.82) is 0 Å². The SMILES string of the molecule is CCCN(CCCOc1ccc(CC)cc1)CCC(=O)O. The van der Waals surface area contributed by atoms with Crippen molar-refractivity contribution in [3.63, 3.8) is 0 Å². The Balaban J connectivity index is 2.24. The molecule has 0 amide bonds. The molecule has 0 bridgehead atoms. The zero-order valence-electron chi connectivity index (χ0n) is 13.2. The molecule has 0 heterocycles. The normalized spacial score (nSPS) is 10.8. The molecule has 118 valence electrons. The van der Waals surface area contributed by atoms with Crippen molar-refractivity contribution in [1.82, 2.24) is 4.90 Å². The molecule has 0 aliphatic rings. The lowest BCUT2D eigenvalue weighted by atomic mass is 10.2. The minimum Gasteiger partial charge on any atom is -0.494 e. The first-order chi connectivity index (χ1) is 10.2. The number of aryl methyl sites for hydroxylation is 1. The highest BCUT2D eigenvalue weighted by atomic mass is 16.5. The molecule has 21 heavy (non-hydrogen) atoms. The molecule has 0 spiro atoms. The van der Waals surface area contributed by atoms with E-state index < -0.39 is 5.97 Å². The highest BCUT2D eigenvalue weighted by molar-refractivity contribution is 5.66. The smallest absolute Gasteiger partial charge is 0.304 e. The van der Waals surface area contributed by atoms with E-state index >= 15 is 0 Å². The van der Waals surface area contributed by atoms with Crippen molar-refractivity contribution in [2.75, 3.05) is 26.2 Å². The Morgan fingerprint density at radius 2 is 1.86 bits per heavy atom. The second-order valence-corrected chi connectivity index (χ2v) is 5.18. The summed E-state index contributed by atoms with van der Waals surface area (Å²) in [6.45, 7) is 7.36. The molecule has 0 saturated heterocycles. The number of carbonyl (C=O) groups is 1. The highest BCUT2D eigenvalue weighted by Crippen LogP contribution is 2.12. The van der Waals surface area contributed by atoms with Gasteiger partial charge in [-0.1, -0.05) is 26.0 Å². The van der Waals surface area contributed by atoms with E-state index in [-0.39, 0.29) is 6.42 Å². The monoisotopic (exact) mass is 293 g/mol. The number of carboxylic acid groups (broad SMARTS) is 1. The van der Waals surface area contributed by atoms with Crippen LogP contribution in [0.4, 0.5) is 0 Å². The molecule has 0 aliphatic heterocycles. The summed E-state index contributed by atoms with van der Waals surface area (Å²) in [6, 6.07) is 8.19. The molecule has 4 nitrogen and oxygen atoms in total. The first-order valence-electron chi connectivity index (χ1n) is 7.81. The Hall–Kier alpha value is -1.55. The van der Waals surface area contributed by atoms with Crippen molar-refractivity contribution in [3.8, 4) is 5.75 Å². The van der Waals surface area contributed by atoms with Crippen molar-refractivity contribution in [2.45, 2.75) is 39.5 Å². The number of carboxylic acids is 1. The molecule has 4 heteroatoms. The summed E-state index contributed by atoms with van der Waals surface area (Å²) in [5.74, 6) is 0.170. The van der Waals surface area contributed by atoms with E-state index in [1.165, 1.54) is 5.56 Å². The Kier molecular flexibility index (Phi) is 8.51. The maximum atomic E-state index is 10.6. The summed E-state index contributed by atoms with van der Waals surface area (Å²) in [5.41, 5.74) is 1.31. The number of nitrogens with zero attached hydrogens (tertiary/aromatic N) is 1. The van der Waals surface area contributed by atoms with Crippen LogP contribution in [-0.4, -0.2) is 42.2 Å². The Labute approximate surface area is 127 Å². The van der Waals surface area contributed by atoms with E-state index in [9.17, 15) is 4.79 Å². The van der Waals surface area contributed by atoms with Crippen LogP contribution < -0.4 is 4.74 Å². The molecular formula is C17H27NO3. The average molecular weight is 293 g/mol. The fraction of sp³-hybridized carbons (Fsp3) is 0.588. The molecule has 0 aromatic heterocycles. The molecule has 1 aromatic rings. The summed E-state index contributed by atoms with van der Waals surface area (Å²) in [6.07, 6.45) is 3.20. The molecule has 0 saturated carbocycles. The predicted octanol–water partition coefficient (Wildman–Crippen LogP) is 3.20. The maximum absolute atomic E-state index is 10.6. The van der Waals surface area contributed by atoms with Crippen LogP contribution >= 0.6 is 0 Å². The van der Waals surface area contributed by atoms with Gasteiger partial charge in [-0.2, -0.15) is 0 Å². The van der Waals surface area contributed by atoms with Gasteiger partial charge >= 0.3 is 5.97 Å². The van der Waals surface area contributed by atoms with E-state index in [2.05, 4.69) is 30.9 Å². The minimum absolute atomic E-state index is 0.208. The number of hydrogen-bond donors (Lipinski definition) is 1. The molecule has 1 N–H and O–H groups in total. The van der Waals surface area contributed by atoms with E-state index in [1.807, 2.05) is 12.1 Å². The van der Waals surface area contributed by atoms with Gasteiger partial charge in [0.15, 0.2) is 0 Å². The first kappa shape index (κ1) is 17.5. The average Bonchev–Trinajstić information content (AvgIpc) is 2.49. The lowest BCUT2D eigenvalue weighted by Crippen LogP contribution is -2.29. The summed E-state index contributed by atoms with van der Waals surface area (Å²) in [5, 5.41) is 8.74. The number of benzene rings is 1. The zero-order chi connectivity index (χ0) is 15.5. The van der Waals surface area contributed by atoms with Gasteiger partial charge in [0, 0.05) is 13.1 Å². The van der Waals surface area contributed by atoms with Crippen molar-refractivity contribution >= 4 is 5.97 Å². The third kappa shape index (κ3) is 7.71. The molecular weight excluding hydrogens is 266 g/mol.